The molecular weight excluding hydrogens is 596 g/mol. The van der Waals surface area contributed by atoms with Crippen molar-refractivity contribution in [2.75, 3.05) is 0 Å². The monoisotopic (exact) mass is 622 g/mol. The third kappa shape index (κ3) is 6.26. The van der Waals surface area contributed by atoms with Crippen LogP contribution in [0.15, 0.2) is 114 Å². The summed E-state index contributed by atoms with van der Waals surface area (Å²) in [5.41, 5.74) is 3.04. The Bertz CT molecular complexity index is 1760. The molecule has 6 aromatic rings. The van der Waals surface area contributed by atoms with Crippen molar-refractivity contribution >= 4 is 37.5 Å². The summed E-state index contributed by atoms with van der Waals surface area (Å²) in [4.78, 5) is 8.98. The minimum Gasteiger partial charge on any atom is -0.456 e. The molecule has 0 fully saturated rings. The van der Waals surface area contributed by atoms with E-state index >= 15 is 0 Å². The standard InChI is InChI=1S/C34H27BrN2O3S/c1-34(2,3)23-20-28(38-24-13-11-22(12-14-24)33-37-27-8-4-5-9-30(27)41-33)32(35)29(21-23)39-25-15-17-26(18-16-25)40-31-10-6-7-19-36-31/h4-21H,1-3H3. The lowest BCUT2D eigenvalue weighted by Gasteiger charge is -2.22. The van der Waals surface area contributed by atoms with Gasteiger partial charge in [-0.2, -0.15) is 0 Å². The Morgan fingerprint density at radius 3 is 1.85 bits per heavy atom. The van der Waals surface area contributed by atoms with Gasteiger partial charge < -0.3 is 14.2 Å². The van der Waals surface area contributed by atoms with E-state index in [1.165, 1.54) is 4.70 Å². The van der Waals surface area contributed by atoms with Gasteiger partial charge in [-0.25, -0.2) is 9.97 Å². The molecule has 0 saturated heterocycles. The number of hydrogen-bond acceptors (Lipinski definition) is 6. The van der Waals surface area contributed by atoms with E-state index in [9.17, 15) is 0 Å². The highest BCUT2D eigenvalue weighted by molar-refractivity contribution is 9.10. The molecule has 0 spiro atoms. The fraction of sp³-hybridized carbons (Fsp3) is 0.118. The van der Waals surface area contributed by atoms with Crippen LogP contribution < -0.4 is 14.2 Å². The molecule has 7 heteroatoms. The van der Waals surface area contributed by atoms with Gasteiger partial charge in [0.15, 0.2) is 0 Å². The molecule has 41 heavy (non-hydrogen) atoms. The highest BCUT2D eigenvalue weighted by Crippen LogP contribution is 2.43. The average Bonchev–Trinajstić information content (AvgIpc) is 3.41. The first-order valence-electron chi connectivity index (χ1n) is 13.2. The molecule has 5 nitrogen and oxygen atoms in total. The Labute approximate surface area is 251 Å². The van der Waals surface area contributed by atoms with Crippen LogP contribution in [-0.2, 0) is 5.41 Å². The largest absolute Gasteiger partial charge is 0.456 e. The van der Waals surface area contributed by atoms with Crippen molar-refractivity contribution in [3.8, 4) is 45.2 Å². The van der Waals surface area contributed by atoms with Gasteiger partial charge in [0, 0.05) is 17.8 Å². The van der Waals surface area contributed by atoms with E-state index in [-0.39, 0.29) is 5.41 Å². The first-order valence-corrected chi connectivity index (χ1v) is 14.8. The molecule has 0 amide bonds. The Morgan fingerprint density at radius 2 is 1.27 bits per heavy atom. The topological polar surface area (TPSA) is 53.5 Å². The van der Waals surface area contributed by atoms with Crippen molar-refractivity contribution in [2.24, 2.45) is 0 Å². The lowest BCUT2D eigenvalue weighted by molar-refractivity contribution is 0.444. The van der Waals surface area contributed by atoms with Crippen molar-refractivity contribution in [1.29, 1.82) is 0 Å². The summed E-state index contributed by atoms with van der Waals surface area (Å²) in [6.45, 7) is 6.50. The minimum absolute atomic E-state index is 0.117. The van der Waals surface area contributed by atoms with Crippen LogP contribution in [0.2, 0.25) is 0 Å². The van der Waals surface area contributed by atoms with Gasteiger partial charge >= 0.3 is 0 Å². The molecule has 2 aromatic heterocycles. The van der Waals surface area contributed by atoms with Gasteiger partial charge in [0.2, 0.25) is 5.88 Å². The molecule has 0 saturated carbocycles. The molecule has 0 unspecified atom stereocenters. The lowest BCUT2D eigenvalue weighted by Crippen LogP contribution is -2.11. The number of benzene rings is 4. The summed E-state index contributed by atoms with van der Waals surface area (Å²) in [6.07, 6.45) is 1.70. The minimum atomic E-state index is -0.117. The van der Waals surface area contributed by atoms with E-state index in [1.54, 1.807) is 17.5 Å². The van der Waals surface area contributed by atoms with Crippen molar-refractivity contribution < 1.29 is 14.2 Å². The Morgan fingerprint density at radius 1 is 0.683 bits per heavy atom. The maximum atomic E-state index is 6.39. The molecule has 0 aliphatic carbocycles. The third-order valence-electron chi connectivity index (χ3n) is 6.41. The fourth-order valence-corrected chi connectivity index (χ4v) is 5.53. The molecule has 0 radical (unpaired) electrons. The number of rotatable bonds is 7. The zero-order valence-electron chi connectivity index (χ0n) is 22.8. The van der Waals surface area contributed by atoms with E-state index in [0.29, 0.717) is 28.9 Å². The van der Waals surface area contributed by atoms with Crippen LogP contribution in [0.25, 0.3) is 20.8 Å². The highest BCUT2D eigenvalue weighted by atomic mass is 79.9. The quantitative estimate of drug-likeness (QED) is 0.177. The number of ether oxygens (including phenoxy) is 3. The second-order valence-corrected chi connectivity index (χ2v) is 12.3. The zero-order valence-corrected chi connectivity index (χ0v) is 25.2. The van der Waals surface area contributed by atoms with E-state index in [4.69, 9.17) is 19.2 Å². The van der Waals surface area contributed by atoms with Gasteiger partial charge in [-0.05, 0) is 106 Å². The molecule has 0 aliphatic heterocycles. The summed E-state index contributed by atoms with van der Waals surface area (Å²) in [5, 5.41) is 0.987. The van der Waals surface area contributed by atoms with Crippen LogP contribution in [0.1, 0.15) is 26.3 Å². The molecule has 4 aromatic carbocycles. The van der Waals surface area contributed by atoms with Gasteiger partial charge in [-0.3, -0.25) is 0 Å². The number of aromatic nitrogens is 2. The predicted octanol–water partition coefficient (Wildman–Crippen LogP) is 10.8. The fourth-order valence-electron chi connectivity index (χ4n) is 4.17. The summed E-state index contributed by atoms with van der Waals surface area (Å²) in [5.74, 6) is 3.96. The highest BCUT2D eigenvalue weighted by Gasteiger charge is 2.21. The van der Waals surface area contributed by atoms with Crippen LogP contribution in [-0.4, -0.2) is 9.97 Å². The number of hydrogen-bond donors (Lipinski definition) is 0. The number of nitrogens with zero attached hydrogens (tertiary/aromatic N) is 2. The van der Waals surface area contributed by atoms with Gasteiger partial charge in [0.05, 0.1) is 10.2 Å². The summed E-state index contributed by atoms with van der Waals surface area (Å²) in [7, 11) is 0. The molecule has 0 bridgehead atoms. The number of pyridine rings is 1. The van der Waals surface area contributed by atoms with E-state index < -0.39 is 0 Å². The van der Waals surface area contributed by atoms with Gasteiger partial charge in [-0.15, -0.1) is 11.3 Å². The van der Waals surface area contributed by atoms with Crippen LogP contribution >= 0.6 is 27.3 Å². The predicted molar refractivity (Wildman–Crippen MR) is 169 cm³/mol. The van der Waals surface area contributed by atoms with Crippen molar-refractivity contribution in [2.45, 2.75) is 26.2 Å². The lowest BCUT2D eigenvalue weighted by atomic mass is 9.87. The Hall–Kier alpha value is -4.20. The number of para-hydroxylation sites is 1. The van der Waals surface area contributed by atoms with Crippen LogP contribution in [0, 0.1) is 0 Å². The van der Waals surface area contributed by atoms with Crippen molar-refractivity contribution in [3.63, 3.8) is 0 Å². The number of halogens is 1. The SMILES string of the molecule is CC(C)(C)c1cc(Oc2ccc(Oc3ccccn3)cc2)c(Br)c(Oc2ccc(-c3nc4ccccc4s3)cc2)c1. The Balaban J connectivity index is 1.24. The van der Waals surface area contributed by atoms with Crippen molar-refractivity contribution in [1.82, 2.24) is 9.97 Å². The van der Waals surface area contributed by atoms with E-state index in [2.05, 4.69) is 53.8 Å². The number of fused-ring (bicyclic) bond motifs is 1. The van der Waals surface area contributed by atoms with Crippen molar-refractivity contribution in [3.05, 3.63) is 119 Å². The van der Waals surface area contributed by atoms with Crippen LogP contribution in [0.3, 0.4) is 0 Å². The molecule has 6 rings (SSSR count). The summed E-state index contributed by atoms with van der Waals surface area (Å²) >= 11 is 5.42. The molecule has 2 heterocycles. The van der Waals surface area contributed by atoms with Gasteiger partial charge in [-0.1, -0.05) is 39.0 Å². The second kappa shape index (κ2) is 11.4. The number of thiazole rings is 1. The third-order valence-corrected chi connectivity index (χ3v) is 8.27. The average molecular weight is 624 g/mol. The smallest absolute Gasteiger partial charge is 0.219 e. The second-order valence-electron chi connectivity index (χ2n) is 10.5. The van der Waals surface area contributed by atoms with Crippen LogP contribution in [0.4, 0.5) is 0 Å². The molecule has 0 aliphatic rings. The molecule has 204 valence electrons. The van der Waals surface area contributed by atoms with E-state index in [1.807, 2.05) is 91.0 Å². The summed E-state index contributed by atoms with van der Waals surface area (Å²) < 4.78 is 20.4. The van der Waals surface area contributed by atoms with Gasteiger partial charge in [0.1, 0.15) is 38.2 Å². The summed E-state index contributed by atoms with van der Waals surface area (Å²) in [6, 6.07) is 33.3. The maximum Gasteiger partial charge on any atom is 0.219 e. The van der Waals surface area contributed by atoms with Gasteiger partial charge in [0.25, 0.3) is 0 Å². The Kier molecular flexibility index (Phi) is 7.47. The van der Waals surface area contributed by atoms with E-state index in [0.717, 1.165) is 31.9 Å². The zero-order chi connectivity index (χ0) is 28.4. The van der Waals surface area contributed by atoms with Crippen LogP contribution in [0.5, 0.6) is 34.6 Å². The maximum absolute atomic E-state index is 6.39. The first-order chi connectivity index (χ1) is 19.8. The molecular formula is C34H27BrN2O3S. The normalized spacial score (nSPS) is 11.4. The molecule has 0 atom stereocenters. The molecule has 0 N–H and O–H groups in total. The first kappa shape index (κ1) is 27.0.